The molecule has 142 valence electrons. The van der Waals surface area contributed by atoms with Crippen LogP contribution in [0.1, 0.15) is 25.7 Å². The van der Waals surface area contributed by atoms with Gasteiger partial charge >= 0.3 is 6.03 Å². The predicted octanol–water partition coefficient (Wildman–Crippen LogP) is 1.33. The molecule has 0 spiro atoms. The van der Waals surface area contributed by atoms with Gasteiger partial charge in [-0.1, -0.05) is 6.42 Å². The summed E-state index contributed by atoms with van der Waals surface area (Å²) in [4.78, 5) is 23.5. The number of tetrazole rings is 1. The van der Waals surface area contributed by atoms with E-state index < -0.39 is 0 Å². The molecule has 3 unspecified atom stereocenters. The molecule has 2 aliphatic heterocycles. The number of nitrogens with one attached hydrogen (secondary N) is 3. The fourth-order valence-electron chi connectivity index (χ4n) is 3.47. The maximum Gasteiger partial charge on any atom is 0.315 e. The summed E-state index contributed by atoms with van der Waals surface area (Å²) in [7, 11) is 0. The third kappa shape index (κ3) is 4.21. The van der Waals surface area contributed by atoms with Crippen LogP contribution in [0.25, 0.3) is 5.69 Å². The van der Waals surface area contributed by atoms with Crippen LogP contribution < -0.4 is 16.0 Å². The van der Waals surface area contributed by atoms with Crippen molar-refractivity contribution >= 4 is 29.4 Å². The first-order valence-electron chi connectivity index (χ1n) is 9.01. The van der Waals surface area contributed by atoms with E-state index in [1.54, 1.807) is 4.68 Å². The first kappa shape index (κ1) is 17.8. The van der Waals surface area contributed by atoms with Crippen LogP contribution in [-0.2, 0) is 4.79 Å². The molecule has 4 rings (SSSR count). The van der Waals surface area contributed by atoms with Gasteiger partial charge in [-0.25, -0.2) is 9.48 Å². The monoisotopic (exact) mass is 387 g/mol. The summed E-state index contributed by atoms with van der Waals surface area (Å²) in [6.45, 7) is 0. The van der Waals surface area contributed by atoms with Crippen molar-refractivity contribution in [2.45, 2.75) is 43.0 Å². The topological polar surface area (TPSA) is 114 Å². The van der Waals surface area contributed by atoms with Crippen molar-refractivity contribution in [2.75, 3.05) is 11.1 Å². The molecule has 1 aromatic carbocycles. The highest BCUT2D eigenvalue weighted by molar-refractivity contribution is 8.00. The second-order valence-electron chi connectivity index (χ2n) is 6.72. The second kappa shape index (κ2) is 7.95. The number of benzene rings is 1. The number of carbonyl (C=O) groups excluding carboxylic acids is 2. The van der Waals surface area contributed by atoms with Crippen molar-refractivity contribution in [3.05, 3.63) is 30.6 Å². The van der Waals surface area contributed by atoms with Gasteiger partial charge in [0.25, 0.3) is 0 Å². The zero-order valence-electron chi connectivity index (χ0n) is 14.7. The lowest BCUT2D eigenvalue weighted by Gasteiger charge is -2.16. The highest BCUT2D eigenvalue weighted by atomic mass is 32.2. The average Bonchev–Trinajstić information content (AvgIpc) is 3.38. The van der Waals surface area contributed by atoms with Crippen LogP contribution in [0, 0.1) is 0 Å². The SMILES string of the molecule is O=C(CCCCC1SCC2NC(=O)NC21)Nc1ccc(-n2cnnn2)cc1. The Morgan fingerprint density at radius 3 is 2.89 bits per heavy atom. The van der Waals surface area contributed by atoms with Crippen LogP contribution in [0.3, 0.4) is 0 Å². The van der Waals surface area contributed by atoms with E-state index in [4.69, 9.17) is 0 Å². The number of nitrogens with zero attached hydrogens (tertiary/aromatic N) is 4. The van der Waals surface area contributed by atoms with Crippen LogP contribution >= 0.6 is 11.8 Å². The van der Waals surface area contributed by atoms with Crippen LogP contribution in [0.15, 0.2) is 30.6 Å². The van der Waals surface area contributed by atoms with E-state index >= 15 is 0 Å². The summed E-state index contributed by atoms with van der Waals surface area (Å²) in [6, 6.07) is 7.80. The maximum absolute atomic E-state index is 12.1. The number of amides is 3. The van der Waals surface area contributed by atoms with Gasteiger partial charge in [0.2, 0.25) is 5.91 Å². The third-order valence-corrected chi connectivity index (χ3v) is 6.35. The summed E-state index contributed by atoms with van der Waals surface area (Å²) >= 11 is 1.90. The van der Waals surface area contributed by atoms with E-state index in [2.05, 4.69) is 31.5 Å². The van der Waals surface area contributed by atoms with Crippen molar-refractivity contribution in [2.24, 2.45) is 0 Å². The van der Waals surface area contributed by atoms with E-state index in [0.29, 0.717) is 11.7 Å². The van der Waals surface area contributed by atoms with Crippen molar-refractivity contribution < 1.29 is 9.59 Å². The largest absolute Gasteiger partial charge is 0.332 e. The minimum absolute atomic E-state index is 0.0120. The summed E-state index contributed by atoms with van der Waals surface area (Å²) in [5.74, 6) is 0.979. The van der Waals surface area contributed by atoms with Gasteiger partial charge in [-0.05, 0) is 47.5 Å². The van der Waals surface area contributed by atoms with Gasteiger partial charge in [-0.2, -0.15) is 11.8 Å². The van der Waals surface area contributed by atoms with Gasteiger partial charge in [-0.15, -0.1) is 5.10 Å². The van der Waals surface area contributed by atoms with Gasteiger partial charge in [0.05, 0.1) is 17.8 Å². The van der Waals surface area contributed by atoms with E-state index in [1.807, 2.05) is 36.0 Å². The quantitative estimate of drug-likeness (QED) is 0.488. The number of aromatic nitrogens is 4. The van der Waals surface area contributed by atoms with Crippen molar-refractivity contribution in [3.63, 3.8) is 0 Å². The zero-order valence-corrected chi connectivity index (χ0v) is 15.5. The molecule has 3 heterocycles. The molecular weight excluding hydrogens is 366 g/mol. The Labute approximate surface area is 160 Å². The molecule has 0 aliphatic carbocycles. The fraction of sp³-hybridized carbons (Fsp3) is 0.471. The lowest BCUT2D eigenvalue weighted by atomic mass is 10.0. The van der Waals surface area contributed by atoms with Gasteiger partial charge in [0.1, 0.15) is 6.33 Å². The minimum atomic E-state index is -0.0548. The maximum atomic E-state index is 12.1. The van der Waals surface area contributed by atoms with Gasteiger partial charge < -0.3 is 16.0 Å². The van der Waals surface area contributed by atoms with Crippen molar-refractivity contribution in [1.29, 1.82) is 0 Å². The molecule has 0 radical (unpaired) electrons. The molecule has 10 heteroatoms. The lowest BCUT2D eigenvalue weighted by molar-refractivity contribution is -0.116. The Morgan fingerprint density at radius 1 is 1.26 bits per heavy atom. The summed E-state index contributed by atoms with van der Waals surface area (Å²) in [5, 5.41) is 20.3. The molecule has 3 atom stereocenters. The molecule has 1 aromatic heterocycles. The molecule has 2 saturated heterocycles. The molecule has 27 heavy (non-hydrogen) atoms. The molecule has 0 bridgehead atoms. The number of carbonyl (C=O) groups is 2. The molecule has 0 saturated carbocycles. The number of unbranched alkanes of at least 4 members (excludes halogenated alkanes) is 1. The third-order valence-electron chi connectivity index (χ3n) is 4.85. The zero-order chi connectivity index (χ0) is 18.6. The Bertz CT molecular complexity index is 796. The predicted molar refractivity (Wildman–Crippen MR) is 102 cm³/mol. The van der Waals surface area contributed by atoms with Crippen LogP contribution in [0.2, 0.25) is 0 Å². The number of anilines is 1. The molecule has 9 nitrogen and oxygen atoms in total. The highest BCUT2D eigenvalue weighted by Crippen LogP contribution is 2.33. The second-order valence-corrected chi connectivity index (χ2v) is 7.99. The Hall–Kier alpha value is -2.62. The lowest BCUT2D eigenvalue weighted by Crippen LogP contribution is -2.36. The van der Waals surface area contributed by atoms with E-state index in [9.17, 15) is 9.59 Å². The minimum Gasteiger partial charge on any atom is -0.332 e. The van der Waals surface area contributed by atoms with E-state index in [0.717, 1.165) is 36.4 Å². The average molecular weight is 387 g/mol. The summed E-state index contributed by atoms with van der Waals surface area (Å²) in [5.41, 5.74) is 1.59. The molecular formula is C17H21N7O2S. The van der Waals surface area contributed by atoms with Gasteiger partial charge in [0, 0.05) is 23.1 Å². The van der Waals surface area contributed by atoms with Gasteiger partial charge in [0.15, 0.2) is 0 Å². The number of urea groups is 1. The molecule has 3 N–H and O–H groups in total. The van der Waals surface area contributed by atoms with Crippen LogP contribution in [0.5, 0.6) is 0 Å². The standard InChI is InChI=1S/C17H21N7O2S/c25-15(19-11-5-7-12(8-6-11)24-10-18-22-23-24)4-2-1-3-14-16-13(9-27-14)20-17(26)21-16/h5-8,10,13-14,16H,1-4,9H2,(H,19,25)(H2,20,21,26). The number of fused-ring (bicyclic) bond motifs is 1. The molecule has 2 fully saturated rings. The Kier molecular flexibility index (Phi) is 5.23. The number of rotatable bonds is 7. The number of hydrogen-bond acceptors (Lipinski definition) is 6. The normalized spacial score (nSPS) is 23.6. The molecule has 2 aromatic rings. The molecule has 2 aliphatic rings. The Morgan fingerprint density at radius 2 is 2.11 bits per heavy atom. The summed E-state index contributed by atoms with van der Waals surface area (Å²) in [6.07, 6.45) is 4.84. The van der Waals surface area contributed by atoms with Gasteiger partial charge in [-0.3, -0.25) is 4.79 Å². The Balaban J connectivity index is 1.17. The van der Waals surface area contributed by atoms with Crippen molar-refractivity contribution in [3.8, 4) is 5.69 Å². The number of thioether (sulfide) groups is 1. The van der Waals surface area contributed by atoms with E-state index in [1.165, 1.54) is 6.33 Å². The van der Waals surface area contributed by atoms with Crippen LogP contribution in [-0.4, -0.2) is 55.2 Å². The van der Waals surface area contributed by atoms with Crippen molar-refractivity contribution in [1.82, 2.24) is 30.8 Å². The summed E-state index contributed by atoms with van der Waals surface area (Å²) < 4.78 is 1.56. The van der Waals surface area contributed by atoms with E-state index in [-0.39, 0.29) is 24.0 Å². The first-order chi connectivity index (χ1) is 13.2. The first-order valence-corrected chi connectivity index (χ1v) is 10.1. The smallest absolute Gasteiger partial charge is 0.315 e. The highest BCUT2D eigenvalue weighted by Gasteiger charge is 2.42. The fourth-order valence-corrected chi connectivity index (χ4v) is 5.02. The number of hydrogen-bond donors (Lipinski definition) is 3. The molecule has 3 amide bonds. The van der Waals surface area contributed by atoms with Crippen LogP contribution in [0.4, 0.5) is 10.5 Å².